The first-order valence-electron chi connectivity index (χ1n) is 9.34. The molecule has 2 atom stereocenters. The van der Waals surface area contributed by atoms with Crippen molar-refractivity contribution < 1.29 is 14.3 Å². The molecule has 0 bridgehead atoms. The second kappa shape index (κ2) is 7.15. The molecule has 0 spiro atoms. The number of morpholine rings is 1. The Kier molecular flexibility index (Phi) is 4.70. The van der Waals surface area contributed by atoms with E-state index in [4.69, 9.17) is 4.74 Å². The molecule has 2 aliphatic rings. The summed E-state index contributed by atoms with van der Waals surface area (Å²) >= 11 is 0. The van der Waals surface area contributed by atoms with Crippen LogP contribution in [0.5, 0.6) is 0 Å². The summed E-state index contributed by atoms with van der Waals surface area (Å²) < 4.78 is 5.82. The summed E-state index contributed by atoms with van der Waals surface area (Å²) in [4.78, 5) is 29.5. The van der Waals surface area contributed by atoms with E-state index < -0.39 is 12.1 Å². The fraction of sp³-hybridized carbons (Fsp3) is 0.450. The Hall–Kier alpha value is -2.67. The van der Waals surface area contributed by atoms with E-state index in [-0.39, 0.29) is 24.5 Å². The molecule has 2 aliphatic heterocycles. The van der Waals surface area contributed by atoms with Gasteiger partial charge in [-0.1, -0.05) is 30.3 Å². The minimum atomic E-state index is -0.707. The summed E-state index contributed by atoms with van der Waals surface area (Å²) in [7, 11) is 0. The largest absolute Gasteiger partial charge is 0.356 e. The van der Waals surface area contributed by atoms with E-state index in [2.05, 4.69) is 10.2 Å². The molecule has 0 aliphatic carbocycles. The molecular formula is C20H24N4O3. The molecule has 7 nitrogen and oxygen atoms in total. The van der Waals surface area contributed by atoms with Gasteiger partial charge in [0.05, 0.1) is 12.2 Å². The van der Waals surface area contributed by atoms with Crippen LogP contribution in [-0.2, 0) is 27.3 Å². The highest BCUT2D eigenvalue weighted by molar-refractivity contribution is 5.86. The van der Waals surface area contributed by atoms with Gasteiger partial charge in [-0.3, -0.25) is 14.7 Å². The van der Waals surface area contributed by atoms with Gasteiger partial charge in [-0.15, -0.1) is 0 Å². The van der Waals surface area contributed by atoms with Gasteiger partial charge in [0, 0.05) is 36.8 Å². The van der Waals surface area contributed by atoms with E-state index in [0.717, 1.165) is 23.2 Å². The lowest BCUT2D eigenvalue weighted by Crippen LogP contribution is -2.57. The Morgan fingerprint density at radius 3 is 2.81 bits per heavy atom. The third-order valence-corrected chi connectivity index (χ3v) is 5.31. The Morgan fingerprint density at radius 2 is 2.07 bits per heavy atom. The lowest BCUT2D eigenvalue weighted by molar-refractivity contribution is -0.172. The van der Waals surface area contributed by atoms with Crippen molar-refractivity contribution in [1.29, 1.82) is 0 Å². The van der Waals surface area contributed by atoms with E-state index >= 15 is 0 Å². The average molecular weight is 368 g/mol. The first kappa shape index (κ1) is 17.7. The number of ether oxygens (including phenoxy) is 1. The van der Waals surface area contributed by atoms with Crippen molar-refractivity contribution in [2.45, 2.75) is 45.0 Å². The zero-order valence-electron chi connectivity index (χ0n) is 15.6. The molecule has 2 aromatic rings. The number of aromatic nitrogens is 2. The molecular weight excluding hydrogens is 344 g/mol. The van der Waals surface area contributed by atoms with Gasteiger partial charge in [-0.2, -0.15) is 5.10 Å². The maximum atomic E-state index is 13.4. The van der Waals surface area contributed by atoms with Gasteiger partial charge in [0.25, 0.3) is 5.91 Å². The molecule has 1 N–H and O–H groups in total. The third kappa shape index (κ3) is 3.23. The first-order chi connectivity index (χ1) is 13.1. The van der Waals surface area contributed by atoms with Crippen molar-refractivity contribution in [3.8, 4) is 0 Å². The first-order valence-corrected chi connectivity index (χ1v) is 9.34. The fourth-order valence-corrected chi connectivity index (χ4v) is 4.02. The molecule has 1 saturated heterocycles. The fourth-order valence-electron chi connectivity index (χ4n) is 4.02. The number of nitrogens with one attached hydrogen (secondary N) is 1. The second-order valence-electron chi connectivity index (χ2n) is 7.37. The third-order valence-electron chi connectivity index (χ3n) is 5.31. The highest BCUT2D eigenvalue weighted by atomic mass is 16.5. The number of carbonyl (C=O) groups is 2. The molecule has 1 fully saturated rings. The Labute approximate surface area is 158 Å². The summed E-state index contributed by atoms with van der Waals surface area (Å²) in [6, 6.07) is 9.23. The molecule has 0 saturated carbocycles. The minimum absolute atomic E-state index is 0.0243. The number of benzene rings is 1. The maximum Gasteiger partial charge on any atom is 0.254 e. The van der Waals surface area contributed by atoms with E-state index in [1.54, 1.807) is 11.1 Å². The second-order valence-corrected chi connectivity index (χ2v) is 7.37. The summed E-state index contributed by atoms with van der Waals surface area (Å²) in [6.07, 6.45) is 1.81. The molecule has 7 heteroatoms. The average Bonchev–Trinajstić information content (AvgIpc) is 3.15. The van der Waals surface area contributed by atoms with Crippen LogP contribution in [0.2, 0.25) is 0 Å². The SMILES string of the molecule is CC(C)N1C(=O)CO[C@H](C(=O)N2CCc3[nH]ncc3C2)[C@H]1c1ccccc1. The summed E-state index contributed by atoms with van der Waals surface area (Å²) in [5, 5.41) is 7.06. The number of hydrogen-bond acceptors (Lipinski definition) is 4. The summed E-state index contributed by atoms with van der Waals surface area (Å²) in [6.45, 7) is 5.01. The molecule has 0 unspecified atom stereocenters. The summed E-state index contributed by atoms with van der Waals surface area (Å²) in [5.41, 5.74) is 3.04. The topological polar surface area (TPSA) is 78.5 Å². The van der Waals surface area contributed by atoms with Crippen molar-refractivity contribution in [2.24, 2.45) is 0 Å². The lowest BCUT2D eigenvalue weighted by Gasteiger charge is -2.44. The number of aromatic amines is 1. The van der Waals surface area contributed by atoms with Crippen molar-refractivity contribution in [2.75, 3.05) is 13.2 Å². The molecule has 1 aromatic heterocycles. The van der Waals surface area contributed by atoms with Gasteiger partial charge in [-0.05, 0) is 19.4 Å². The maximum absolute atomic E-state index is 13.4. The van der Waals surface area contributed by atoms with Crippen molar-refractivity contribution in [3.63, 3.8) is 0 Å². The molecule has 0 radical (unpaired) electrons. The molecule has 1 aromatic carbocycles. The number of rotatable bonds is 3. The Balaban J connectivity index is 1.65. The lowest BCUT2D eigenvalue weighted by atomic mass is 9.94. The predicted octanol–water partition coefficient (Wildman–Crippen LogP) is 1.67. The number of amides is 2. The van der Waals surface area contributed by atoms with Crippen LogP contribution in [0.4, 0.5) is 0 Å². The number of fused-ring (bicyclic) bond motifs is 1. The van der Waals surface area contributed by atoms with Gasteiger partial charge in [0.1, 0.15) is 6.61 Å². The number of carbonyl (C=O) groups excluding carboxylic acids is 2. The van der Waals surface area contributed by atoms with E-state index in [1.165, 1.54) is 0 Å². The molecule has 2 amide bonds. The Bertz CT molecular complexity index is 833. The highest BCUT2D eigenvalue weighted by Gasteiger charge is 2.44. The normalized spacial score (nSPS) is 22.9. The van der Waals surface area contributed by atoms with Gasteiger partial charge >= 0.3 is 0 Å². The zero-order valence-corrected chi connectivity index (χ0v) is 15.6. The zero-order chi connectivity index (χ0) is 19.0. The quantitative estimate of drug-likeness (QED) is 0.894. The van der Waals surface area contributed by atoms with Crippen LogP contribution in [0, 0.1) is 0 Å². The van der Waals surface area contributed by atoms with E-state index in [1.807, 2.05) is 49.1 Å². The van der Waals surface area contributed by atoms with Gasteiger partial charge in [-0.25, -0.2) is 0 Å². The van der Waals surface area contributed by atoms with Crippen LogP contribution in [0.1, 0.15) is 36.7 Å². The standard InChI is InChI=1S/C20H24N4O3/c1-13(2)24-17(25)12-27-19(18(24)14-6-4-3-5-7-14)20(26)23-9-8-16-15(11-23)10-21-22-16/h3-7,10,13,18-19H,8-9,11-12H2,1-2H3,(H,21,22)/t18-,19+/m1/s1. The van der Waals surface area contributed by atoms with Crippen LogP contribution in [0.15, 0.2) is 36.5 Å². The number of nitrogens with zero attached hydrogens (tertiary/aromatic N) is 3. The van der Waals surface area contributed by atoms with Crippen molar-refractivity contribution in [3.05, 3.63) is 53.3 Å². The molecule has 3 heterocycles. The van der Waals surface area contributed by atoms with Crippen molar-refractivity contribution in [1.82, 2.24) is 20.0 Å². The van der Waals surface area contributed by atoms with Crippen LogP contribution in [-0.4, -0.2) is 57.1 Å². The van der Waals surface area contributed by atoms with Crippen LogP contribution < -0.4 is 0 Å². The van der Waals surface area contributed by atoms with Gasteiger partial charge < -0.3 is 14.5 Å². The molecule has 4 rings (SSSR count). The molecule has 142 valence electrons. The van der Waals surface area contributed by atoms with Gasteiger partial charge in [0.15, 0.2) is 6.10 Å². The number of hydrogen-bond donors (Lipinski definition) is 1. The van der Waals surface area contributed by atoms with Crippen molar-refractivity contribution >= 4 is 11.8 Å². The van der Waals surface area contributed by atoms with E-state index in [0.29, 0.717) is 13.1 Å². The molecule has 27 heavy (non-hydrogen) atoms. The summed E-state index contributed by atoms with van der Waals surface area (Å²) in [5.74, 6) is -0.160. The predicted molar refractivity (Wildman–Crippen MR) is 98.6 cm³/mol. The highest BCUT2D eigenvalue weighted by Crippen LogP contribution is 2.33. The van der Waals surface area contributed by atoms with E-state index in [9.17, 15) is 9.59 Å². The monoisotopic (exact) mass is 368 g/mol. The number of H-pyrrole nitrogens is 1. The van der Waals surface area contributed by atoms with Crippen LogP contribution in [0.3, 0.4) is 0 Å². The Morgan fingerprint density at radius 1 is 1.30 bits per heavy atom. The minimum Gasteiger partial charge on any atom is -0.356 e. The van der Waals surface area contributed by atoms with Crippen LogP contribution >= 0.6 is 0 Å². The smallest absolute Gasteiger partial charge is 0.254 e. The van der Waals surface area contributed by atoms with Crippen LogP contribution in [0.25, 0.3) is 0 Å². The van der Waals surface area contributed by atoms with Gasteiger partial charge in [0.2, 0.25) is 5.91 Å².